The van der Waals surface area contributed by atoms with Gasteiger partial charge in [0.2, 0.25) is 0 Å². The quantitative estimate of drug-likeness (QED) is 0.722. The summed E-state index contributed by atoms with van der Waals surface area (Å²) in [7, 11) is 3.86. The van der Waals surface area contributed by atoms with Gasteiger partial charge in [0.15, 0.2) is 5.96 Å². The molecular weight excluding hydrogens is 343 g/mol. The lowest BCUT2D eigenvalue weighted by molar-refractivity contribution is 0.141. The molecular formula is C12H25IN4O. The Morgan fingerprint density at radius 1 is 1.44 bits per heavy atom. The Hall–Kier alpha value is -0.0800. The number of halogens is 1. The fourth-order valence-corrected chi connectivity index (χ4v) is 2.56. The molecule has 0 aromatic rings. The molecule has 0 aromatic carbocycles. The van der Waals surface area contributed by atoms with Crippen LogP contribution in [0.25, 0.3) is 0 Å². The van der Waals surface area contributed by atoms with Crippen molar-refractivity contribution in [2.24, 2.45) is 4.99 Å². The van der Waals surface area contributed by atoms with Crippen molar-refractivity contribution in [1.29, 1.82) is 0 Å². The Bertz CT molecular complexity index is 275. The van der Waals surface area contributed by atoms with Crippen molar-refractivity contribution in [2.45, 2.75) is 18.9 Å². The van der Waals surface area contributed by atoms with Crippen molar-refractivity contribution in [3.05, 3.63) is 0 Å². The summed E-state index contributed by atoms with van der Waals surface area (Å²) in [5, 5.41) is 3.47. The fraction of sp³-hybridized carbons (Fsp3) is 0.917. The van der Waals surface area contributed by atoms with Crippen molar-refractivity contribution in [3.8, 4) is 0 Å². The van der Waals surface area contributed by atoms with Crippen molar-refractivity contribution in [1.82, 2.24) is 15.1 Å². The summed E-state index contributed by atoms with van der Waals surface area (Å²) in [5.74, 6) is 1.06. The summed E-state index contributed by atoms with van der Waals surface area (Å²) >= 11 is 0. The van der Waals surface area contributed by atoms with Gasteiger partial charge in [0, 0.05) is 39.8 Å². The Morgan fingerprint density at radius 2 is 2.28 bits per heavy atom. The van der Waals surface area contributed by atoms with Crippen LogP contribution < -0.4 is 5.32 Å². The number of ether oxygens (including phenoxy) is 1. The number of methoxy groups -OCH3 is 1. The van der Waals surface area contributed by atoms with Gasteiger partial charge in [-0.15, -0.1) is 24.0 Å². The van der Waals surface area contributed by atoms with E-state index in [-0.39, 0.29) is 24.0 Å². The number of nitrogens with one attached hydrogen (secondary N) is 1. The molecule has 18 heavy (non-hydrogen) atoms. The second kappa shape index (κ2) is 8.16. The first-order valence-electron chi connectivity index (χ1n) is 6.53. The topological polar surface area (TPSA) is 40.1 Å². The Balaban J connectivity index is 0.00000162. The second-order valence-electron chi connectivity index (χ2n) is 4.83. The normalized spacial score (nSPS) is 24.0. The third kappa shape index (κ3) is 4.24. The van der Waals surface area contributed by atoms with Crippen molar-refractivity contribution >= 4 is 29.9 Å². The van der Waals surface area contributed by atoms with E-state index in [1.54, 1.807) is 7.11 Å². The van der Waals surface area contributed by atoms with Crippen LogP contribution in [0.5, 0.6) is 0 Å². The molecule has 0 aliphatic carbocycles. The van der Waals surface area contributed by atoms with Crippen LogP contribution in [0.3, 0.4) is 0 Å². The van der Waals surface area contributed by atoms with Crippen molar-refractivity contribution in [3.63, 3.8) is 0 Å². The van der Waals surface area contributed by atoms with Gasteiger partial charge in [-0.3, -0.25) is 9.89 Å². The first-order valence-corrected chi connectivity index (χ1v) is 6.53. The average Bonchev–Trinajstić information content (AvgIpc) is 2.93. The highest BCUT2D eigenvalue weighted by Crippen LogP contribution is 2.16. The Kier molecular flexibility index (Phi) is 7.25. The SMILES string of the molecule is COCCN1CCCC1CNC1=NCCN1C.I. The number of likely N-dealkylation sites (N-methyl/N-ethyl adjacent to an activating group) is 1. The summed E-state index contributed by atoms with van der Waals surface area (Å²) in [6.07, 6.45) is 2.59. The molecule has 1 atom stereocenters. The molecule has 2 rings (SSSR count). The van der Waals surface area contributed by atoms with E-state index in [0.29, 0.717) is 6.04 Å². The van der Waals surface area contributed by atoms with E-state index in [2.05, 4.69) is 27.2 Å². The highest BCUT2D eigenvalue weighted by Gasteiger charge is 2.24. The minimum atomic E-state index is 0. The van der Waals surface area contributed by atoms with Crippen molar-refractivity contribution in [2.75, 3.05) is 53.5 Å². The predicted molar refractivity (Wildman–Crippen MR) is 84.8 cm³/mol. The fourth-order valence-electron chi connectivity index (χ4n) is 2.56. The molecule has 5 nitrogen and oxygen atoms in total. The van der Waals surface area contributed by atoms with Crippen LogP contribution in [0, 0.1) is 0 Å². The van der Waals surface area contributed by atoms with E-state index in [1.807, 2.05) is 0 Å². The van der Waals surface area contributed by atoms with Gasteiger partial charge in [-0.25, -0.2) is 0 Å². The molecule has 2 aliphatic heterocycles. The Morgan fingerprint density at radius 3 is 2.94 bits per heavy atom. The first-order chi connectivity index (χ1) is 8.31. The number of guanidine groups is 1. The van der Waals surface area contributed by atoms with Gasteiger partial charge in [-0.2, -0.15) is 0 Å². The highest BCUT2D eigenvalue weighted by molar-refractivity contribution is 14.0. The lowest BCUT2D eigenvalue weighted by Gasteiger charge is -2.25. The lowest BCUT2D eigenvalue weighted by atomic mass is 10.2. The monoisotopic (exact) mass is 368 g/mol. The highest BCUT2D eigenvalue weighted by atomic mass is 127. The number of hydrogen-bond acceptors (Lipinski definition) is 5. The maximum atomic E-state index is 5.15. The second-order valence-corrected chi connectivity index (χ2v) is 4.83. The summed E-state index contributed by atoms with van der Waals surface area (Å²) < 4.78 is 5.15. The zero-order chi connectivity index (χ0) is 12.1. The van der Waals surface area contributed by atoms with Crippen LogP contribution in [0.2, 0.25) is 0 Å². The molecule has 2 heterocycles. The van der Waals surface area contributed by atoms with Gasteiger partial charge in [-0.1, -0.05) is 0 Å². The van der Waals surface area contributed by atoms with E-state index in [4.69, 9.17) is 4.74 Å². The molecule has 0 bridgehead atoms. The van der Waals surface area contributed by atoms with Crippen LogP contribution in [-0.4, -0.2) is 75.3 Å². The molecule has 0 saturated carbocycles. The van der Waals surface area contributed by atoms with Crippen LogP contribution in [0.15, 0.2) is 4.99 Å². The summed E-state index contributed by atoms with van der Waals surface area (Å²) in [4.78, 5) is 9.16. The van der Waals surface area contributed by atoms with Crippen LogP contribution in [-0.2, 0) is 4.74 Å². The van der Waals surface area contributed by atoms with Crippen LogP contribution in [0.4, 0.5) is 0 Å². The molecule has 0 aromatic heterocycles. The van der Waals surface area contributed by atoms with Gasteiger partial charge < -0.3 is 15.0 Å². The number of rotatable bonds is 5. The number of aliphatic imine (C=N–C) groups is 1. The molecule has 2 aliphatic rings. The van der Waals surface area contributed by atoms with Gasteiger partial charge in [-0.05, 0) is 19.4 Å². The molecule has 1 saturated heterocycles. The van der Waals surface area contributed by atoms with Crippen molar-refractivity contribution < 1.29 is 4.74 Å². The molecule has 1 unspecified atom stereocenters. The van der Waals surface area contributed by atoms with E-state index in [1.165, 1.54) is 19.4 Å². The summed E-state index contributed by atoms with van der Waals surface area (Å²) in [6, 6.07) is 0.641. The minimum absolute atomic E-state index is 0. The van der Waals surface area contributed by atoms with E-state index in [0.717, 1.165) is 38.7 Å². The smallest absolute Gasteiger partial charge is 0.193 e. The molecule has 106 valence electrons. The maximum absolute atomic E-state index is 5.15. The molecule has 0 spiro atoms. The third-order valence-electron chi connectivity index (χ3n) is 3.64. The van der Waals surface area contributed by atoms with E-state index in [9.17, 15) is 0 Å². The number of likely N-dealkylation sites (tertiary alicyclic amines) is 1. The van der Waals surface area contributed by atoms with Gasteiger partial charge in [0.05, 0.1) is 13.2 Å². The third-order valence-corrected chi connectivity index (χ3v) is 3.64. The van der Waals surface area contributed by atoms with Crippen LogP contribution >= 0.6 is 24.0 Å². The first kappa shape index (κ1) is 16.0. The minimum Gasteiger partial charge on any atom is -0.383 e. The average molecular weight is 368 g/mol. The molecule has 6 heteroatoms. The zero-order valence-electron chi connectivity index (χ0n) is 11.4. The van der Waals surface area contributed by atoms with E-state index >= 15 is 0 Å². The Labute approximate surface area is 127 Å². The van der Waals surface area contributed by atoms with E-state index < -0.39 is 0 Å². The predicted octanol–water partition coefficient (Wildman–Crippen LogP) is 0.606. The zero-order valence-corrected chi connectivity index (χ0v) is 13.7. The largest absolute Gasteiger partial charge is 0.383 e. The lowest BCUT2D eigenvalue weighted by Crippen LogP contribution is -2.44. The molecule has 1 N–H and O–H groups in total. The molecule has 1 fully saturated rings. The van der Waals surface area contributed by atoms with Gasteiger partial charge in [0.25, 0.3) is 0 Å². The molecule has 0 radical (unpaired) electrons. The summed E-state index contributed by atoms with van der Waals surface area (Å²) in [6.45, 7) is 6.06. The van der Waals surface area contributed by atoms with Gasteiger partial charge >= 0.3 is 0 Å². The number of hydrogen-bond donors (Lipinski definition) is 1. The summed E-state index contributed by atoms with van der Waals surface area (Å²) in [5.41, 5.74) is 0. The van der Waals surface area contributed by atoms with Gasteiger partial charge in [0.1, 0.15) is 0 Å². The number of nitrogens with zero attached hydrogens (tertiary/aromatic N) is 3. The maximum Gasteiger partial charge on any atom is 0.193 e. The van der Waals surface area contributed by atoms with Crippen LogP contribution in [0.1, 0.15) is 12.8 Å². The standard InChI is InChI=1S/C12H24N4O.HI/c1-15-7-5-13-12(15)14-10-11-4-3-6-16(11)8-9-17-2;/h11H,3-10H2,1-2H3,(H,13,14);1H. The molecule has 0 amide bonds.